The summed E-state index contributed by atoms with van der Waals surface area (Å²) >= 11 is 0. The number of imide groups is 1. The number of carbonyl (C=O) groups excluding carboxylic acids is 4. The first kappa shape index (κ1) is 21.8. The van der Waals surface area contributed by atoms with E-state index in [1.54, 1.807) is 36.4 Å². The Morgan fingerprint density at radius 3 is 2.37 bits per heavy atom. The van der Waals surface area contributed by atoms with Gasteiger partial charge >= 0.3 is 5.97 Å². The lowest BCUT2D eigenvalue weighted by Crippen LogP contribution is -2.32. The van der Waals surface area contributed by atoms with Crippen LogP contribution >= 0.6 is 0 Å². The molecule has 5 atom stereocenters. The van der Waals surface area contributed by atoms with Gasteiger partial charge in [0.15, 0.2) is 0 Å². The molecule has 0 spiro atoms. The molecule has 35 heavy (non-hydrogen) atoms. The number of anilines is 2. The Morgan fingerprint density at radius 2 is 1.66 bits per heavy atom. The molecule has 2 aromatic rings. The average molecular weight is 475 g/mol. The van der Waals surface area contributed by atoms with Gasteiger partial charge in [0.1, 0.15) is 11.5 Å². The van der Waals surface area contributed by atoms with Gasteiger partial charge in [0.2, 0.25) is 17.7 Å². The van der Waals surface area contributed by atoms with Gasteiger partial charge in [0.05, 0.1) is 36.2 Å². The maximum absolute atomic E-state index is 13.1. The number of esters is 1. The van der Waals surface area contributed by atoms with Gasteiger partial charge in [-0.25, -0.2) is 4.90 Å². The zero-order valence-corrected chi connectivity index (χ0v) is 19.4. The van der Waals surface area contributed by atoms with Crippen molar-refractivity contribution < 1.29 is 28.7 Å². The third-order valence-corrected chi connectivity index (χ3v) is 8.06. The molecule has 6 rings (SSSR count). The molecule has 8 heteroatoms. The Hall–Kier alpha value is -3.68. The first-order chi connectivity index (χ1) is 17.0. The van der Waals surface area contributed by atoms with Crippen LogP contribution in [0.5, 0.6) is 11.5 Å². The van der Waals surface area contributed by atoms with Gasteiger partial charge < -0.3 is 14.4 Å². The van der Waals surface area contributed by atoms with Gasteiger partial charge in [0.25, 0.3) is 0 Å². The first-order valence-corrected chi connectivity index (χ1v) is 12.1. The number of para-hydroxylation sites is 2. The van der Waals surface area contributed by atoms with Crippen molar-refractivity contribution in [3.05, 3.63) is 48.5 Å². The highest BCUT2D eigenvalue weighted by atomic mass is 16.5. The van der Waals surface area contributed by atoms with Crippen LogP contribution in [0.4, 0.5) is 11.4 Å². The number of nitrogens with zero attached hydrogens (tertiary/aromatic N) is 2. The number of fused-ring (bicyclic) bond motifs is 5. The van der Waals surface area contributed by atoms with Crippen LogP contribution in [0, 0.1) is 29.6 Å². The highest BCUT2D eigenvalue weighted by Crippen LogP contribution is 2.56. The molecule has 2 aliphatic heterocycles. The fourth-order valence-corrected chi connectivity index (χ4v) is 6.50. The Kier molecular flexibility index (Phi) is 5.12. The maximum atomic E-state index is 13.1. The zero-order valence-electron chi connectivity index (χ0n) is 19.4. The molecule has 2 heterocycles. The predicted molar refractivity (Wildman–Crippen MR) is 126 cm³/mol. The van der Waals surface area contributed by atoms with Crippen molar-refractivity contribution >= 4 is 35.1 Å². The highest BCUT2D eigenvalue weighted by Gasteiger charge is 2.61. The van der Waals surface area contributed by atoms with E-state index >= 15 is 0 Å². The minimum absolute atomic E-state index is 0.0335. The molecule has 180 valence electrons. The van der Waals surface area contributed by atoms with Crippen LogP contribution in [0.1, 0.15) is 25.7 Å². The van der Waals surface area contributed by atoms with Gasteiger partial charge in [-0.1, -0.05) is 18.2 Å². The van der Waals surface area contributed by atoms with E-state index in [2.05, 4.69) is 0 Å². The highest BCUT2D eigenvalue weighted by molar-refractivity contribution is 6.22. The van der Waals surface area contributed by atoms with Crippen LogP contribution in [0.25, 0.3) is 0 Å². The maximum Gasteiger partial charge on any atom is 0.316 e. The number of rotatable bonds is 5. The fraction of sp³-hybridized carbons (Fsp3) is 0.407. The quantitative estimate of drug-likeness (QED) is 0.375. The summed E-state index contributed by atoms with van der Waals surface area (Å²) in [6.45, 7) is 0.187. The Morgan fingerprint density at radius 1 is 0.943 bits per heavy atom. The lowest BCUT2D eigenvalue weighted by molar-refractivity contribution is -0.139. The second kappa shape index (κ2) is 8.22. The third-order valence-electron chi connectivity index (χ3n) is 8.06. The minimum Gasteiger partial charge on any atom is -0.495 e. The number of ether oxygens (including phenoxy) is 2. The van der Waals surface area contributed by atoms with Gasteiger partial charge in [-0.3, -0.25) is 19.2 Å². The van der Waals surface area contributed by atoms with E-state index in [1.807, 2.05) is 12.1 Å². The van der Waals surface area contributed by atoms with Gasteiger partial charge in [-0.05, 0) is 55.4 Å². The molecule has 2 aliphatic carbocycles. The van der Waals surface area contributed by atoms with E-state index in [4.69, 9.17) is 9.47 Å². The van der Waals surface area contributed by atoms with E-state index in [-0.39, 0.29) is 48.3 Å². The van der Waals surface area contributed by atoms with Crippen molar-refractivity contribution in [1.82, 2.24) is 0 Å². The summed E-state index contributed by atoms with van der Waals surface area (Å²) in [4.78, 5) is 54.7. The van der Waals surface area contributed by atoms with Gasteiger partial charge in [0, 0.05) is 19.0 Å². The summed E-state index contributed by atoms with van der Waals surface area (Å²) in [5, 5.41) is 0. The first-order valence-electron chi connectivity index (χ1n) is 12.1. The molecular weight excluding hydrogens is 448 g/mol. The third kappa shape index (κ3) is 3.42. The van der Waals surface area contributed by atoms with Crippen LogP contribution in [0.15, 0.2) is 48.5 Å². The Labute approximate surface area is 202 Å². The molecule has 2 bridgehead atoms. The van der Waals surface area contributed by atoms with Gasteiger partial charge in [-0.15, -0.1) is 0 Å². The van der Waals surface area contributed by atoms with Crippen LogP contribution in [0.3, 0.4) is 0 Å². The second-order valence-electron chi connectivity index (χ2n) is 9.89. The zero-order chi connectivity index (χ0) is 24.3. The van der Waals surface area contributed by atoms with Crippen molar-refractivity contribution in [2.75, 3.05) is 23.5 Å². The molecule has 2 saturated carbocycles. The minimum atomic E-state index is -0.638. The summed E-state index contributed by atoms with van der Waals surface area (Å²) in [7, 11) is 1.53. The van der Waals surface area contributed by atoms with E-state index < -0.39 is 11.9 Å². The summed E-state index contributed by atoms with van der Waals surface area (Å²) in [5.74, 6) is -0.623. The van der Waals surface area contributed by atoms with Crippen molar-refractivity contribution in [1.29, 1.82) is 0 Å². The number of benzene rings is 2. The monoisotopic (exact) mass is 474 g/mol. The Bertz CT molecular complexity index is 1210. The molecule has 4 aliphatic rings. The number of hydrogen-bond donors (Lipinski definition) is 0. The van der Waals surface area contributed by atoms with E-state index in [1.165, 1.54) is 16.9 Å². The van der Waals surface area contributed by atoms with Crippen LogP contribution in [-0.2, 0) is 19.2 Å². The number of carbonyl (C=O) groups is 4. The standard InChI is InChI=1S/C27H26N2O6/c1-34-21-8-3-2-7-20(21)28-14-17(12-22(28)30)27(33)35-19-6-4-5-18(13-19)29-25(31)23-15-9-10-16(11-15)24(23)26(29)32/h2-8,13,15-17,23-24H,9-12,14H2,1H3/t15-,16-,17+,23-,24+/m0/s1. The molecule has 0 unspecified atom stereocenters. The average Bonchev–Trinajstić information content (AvgIpc) is 3.62. The number of methoxy groups -OCH3 is 1. The molecule has 4 fully saturated rings. The van der Waals surface area contributed by atoms with Gasteiger partial charge in [-0.2, -0.15) is 0 Å². The van der Waals surface area contributed by atoms with E-state index in [9.17, 15) is 19.2 Å². The predicted octanol–water partition coefficient (Wildman–Crippen LogP) is 3.19. The van der Waals surface area contributed by atoms with Crippen molar-refractivity contribution in [2.45, 2.75) is 25.7 Å². The van der Waals surface area contributed by atoms with E-state index in [0.29, 0.717) is 29.0 Å². The van der Waals surface area contributed by atoms with Crippen molar-refractivity contribution in [2.24, 2.45) is 29.6 Å². The normalized spacial score (nSPS) is 29.2. The van der Waals surface area contributed by atoms with Crippen LogP contribution in [0.2, 0.25) is 0 Å². The fourth-order valence-electron chi connectivity index (χ4n) is 6.50. The van der Waals surface area contributed by atoms with E-state index in [0.717, 1.165) is 19.3 Å². The molecule has 2 aromatic carbocycles. The molecule has 2 saturated heterocycles. The second-order valence-corrected chi connectivity index (χ2v) is 9.89. The molecule has 8 nitrogen and oxygen atoms in total. The van der Waals surface area contributed by atoms with Crippen LogP contribution < -0.4 is 19.3 Å². The summed E-state index contributed by atoms with van der Waals surface area (Å²) in [6.07, 6.45) is 3.04. The lowest BCUT2D eigenvalue weighted by Gasteiger charge is -2.19. The summed E-state index contributed by atoms with van der Waals surface area (Å²) < 4.78 is 11.0. The molecule has 0 aromatic heterocycles. The van der Waals surface area contributed by atoms with Crippen molar-refractivity contribution in [3.63, 3.8) is 0 Å². The largest absolute Gasteiger partial charge is 0.495 e. The SMILES string of the molecule is COc1ccccc1N1C[C@H](C(=O)Oc2cccc(N3C(=O)[C@@H]4[C@H]5CC[C@@H](C5)[C@@H]4C3=O)c2)CC1=O. The smallest absolute Gasteiger partial charge is 0.316 e. The number of amides is 3. The topological polar surface area (TPSA) is 93.2 Å². The Balaban J connectivity index is 1.17. The molecule has 0 radical (unpaired) electrons. The molecule has 0 N–H and O–H groups in total. The molecular formula is C27H26N2O6. The lowest BCUT2D eigenvalue weighted by atomic mass is 9.81. The molecule has 3 amide bonds. The number of hydrogen-bond acceptors (Lipinski definition) is 6. The van der Waals surface area contributed by atoms with Crippen LogP contribution in [-0.4, -0.2) is 37.3 Å². The van der Waals surface area contributed by atoms with Crippen molar-refractivity contribution in [3.8, 4) is 11.5 Å². The summed E-state index contributed by atoms with van der Waals surface area (Å²) in [5.41, 5.74) is 1.04. The summed E-state index contributed by atoms with van der Waals surface area (Å²) in [6, 6.07) is 13.7.